The first-order valence-corrected chi connectivity index (χ1v) is 9.73. The van der Waals surface area contributed by atoms with Gasteiger partial charge in [0.15, 0.2) is 0 Å². The number of amides is 1. The Morgan fingerprint density at radius 3 is 2.33 bits per heavy atom. The van der Waals surface area contributed by atoms with E-state index in [1.165, 1.54) is 12.8 Å². The van der Waals surface area contributed by atoms with Crippen LogP contribution in [0.5, 0.6) is 0 Å². The highest BCUT2D eigenvalue weighted by molar-refractivity contribution is 5.92. The summed E-state index contributed by atoms with van der Waals surface area (Å²) in [5.74, 6) is -0.912. The van der Waals surface area contributed by atoms with E-state index in [0.717, 1.165) is 18.4 Å². The van der Waals surface area contributed by atoms with Gasteiger partial charge in [-0.2, -0.15) is 5.10 Å². The number of aliphatic carboxylic acids is 1. The number of aromatic nitrogens is 2. The predicted molar refractivity (Wildman–Crippen MR) is 101 cm³/mol. The van der Waals surface area contributed by atoms with Gasteiger partial charge in [0, 0.05) is 19.3 Å². The molecular weight excluding hydrogens is 342 g/mol. The minimum Gasteiger partial charge on any atom is -0.481 e. The molecule has 0 radical (unpaired) electrons. The van der Waals surface area contributed by atoms with Crippen LogP contribution in [-0.4, -0.2) is 44.8 Å². The zero-order valence-electron chi connectivity index (χ0n) is 15.4. The molecule has 27 heavy (non-hydrogen) atoms. The monoisotopic (exact) mass is 367 g/mol. The SMILES string of the molecule is O=C(c1ccn(C2CCCC2)n1)N1CCC(C(=O)O)(c2ccccc2)CC1. The van der Waals surface area contributed by atoms with Crippen molar-refractivity contribution in [2.24, 2.45) is 0 Å². The molecule has 1 saturated carbocycles. The molecule has 1 aliphatic heterocycles. The van der Waals surface area contributed by atoms with Crippen LogP contribution in [0.2, 0.25) is 0 Å². The summed E-state index contributed by atoms with van der Waals surface area (Å²) in [7, 11) is 0. The van der Waals surface area contributed by atoms with E-state index in [9.17, 15) is 14.7 Å². The van der Waals surface area contributed by atoms with Gasteiger partial charge in [-0.3, -0.25) is 14.3 Å². The maximum absolute atomic E-state index is 12.8. The third-order valence-electron chi connectivity index (χ3n) is 6.17. The molecule has 2 aliphatic rings. The maximum Gasteiger partial charge on any atom is 0.314 e. The van der Waals surface area contributed by atoms with Crippen LogP contribution in [0.1, 0.15) is 60.6 Å². The van der Waals surface area contributed by atoms with Crippen LogP contribution in [0.25, 0.3) is 0 Å². The first-order chi connectivity index (χ1) is 13.1. The number of carboxylic acid groups (broad SMARTS) is 1. The van der Waals surface area contributed by atoms with Gasteiger partial charge in [0.2, 0.25) is 0 Å². The van der Waals surface area contributed by atoms with E-state index in [1.807, 2.05) is 41.2 Å². The Bertz CT molecular complexity index is 816. The van der Waals surface area contributed by atoms with Crippen LogP contribution in [0.15, 0.2) is 42.6 Å². The normalized spacial score (nSPS) is 19.9. The van der Waals surface area contributed by atoms with Gasteiger partial charge in [-0.05, 0) is 37.3 Å². The van der Waals surface area contributed by atoms with Gasteiger partial charge in [0.05, 0.1) is 11.5 Å². The number of likely N-dealkylation sites (tertiary alicyclic amines) is 1. The Morgan fingerprint density at radius 1 is 1.04 bits per heavy atom. The quantitative estimate of drug-likeness (QED) is 0.900. The second-order valence-corrected chi connectivity index (χ2v) is 7.66. The highest BCUT2D eigenvalue weighted by atomic mass is 16.4. The van der Waals surface area contributed by atoms with Crippen LogP contribution in [0, 0.1) is 0 Å². The summed E-state index contributed by atoms with van der Waals surface area (Å²) in [4.78, 5) is 26.6. The Labute approximate surface area is 158 Å². The number of piperidine rings is 1. The van der Waals surface area contributed by atoms with Gasteiger partial charge >= 0.3 is 5.97 Å². The highest BCUT2D eigenvalue weighted by Crippen LogP contribution is 2.36. The zero-order valence-corrected chi connectivity index (χ0v) is 15.4. The van der Waals surface area contributed by atoms with Gasteiger partial charge in [-0.15, -0.1) is 0 Å². The summed E-state index contributed by atoms with van der Waals surface area (Å²) in [6.45, 7) is 0.854. The fraction of sp³-hybridized carbons (Fsp3) is 0.476. The van der Waals surface area contributed by atoms with Crippen molar-refractivity contribution in [3.63, 3.8) is 0 Å². The van der Waals surface area contributed by atoms with Gasteiger partial charge in [-0.1, -0.05) is 43.2 Å². The van der Waals surface area contributed by atoms with Crippen LogP contribution in [-0.2, 0) is 10.2 Å². The molecule has 2 heterocycles. The lowest BCUT2D eigenvalue weighted by molar-refractivity contribution is -0.145. The molecule has 0 unspecified atom stereocenters. The third kappa shape index (κ3) is 3.24. The van der Waals surface area contributed by atoms with Crippen molar-refractivity contribution < 1.29 is 14.7 Å². The van der Waals surface area contributed by atoms with Gasteiger partial charge in [-0.25, -0.2) is 0 Å². The smallest absolute Gasteiger partial charge is 0.314 e. The van der Waals surface area contributed by atoms with Gasteiger partial charge in [0.25, 0.3) is 5.91 Å². The van der Waals surface area contributed by atoms with Crippen molar-refractivity contribution in [2.75, 3.05) is 13.1 Å². The highest BCUT2D eigenvalue weighted by Gasteiger charge is 2.44. The number of hydrogen-bond donors (Lipinski definition) is 1. The standard InChI is InChI=1S/C21H25N3O3/c25-19(18-10-13-24(22-18)17-8-4-5-9-17)23-14-11-21(12-15-23,20(26)27)16-6-2-1-3-7-16/h1-3,6-7,10,13,17H,4-5,8-9,11-12,14-15H2,(H,26,27). The van der Waals surface area contributed by atoms with Crippen LogP contribution in [0.3, 0.4) is 0 Å². The van der Waals surface area contributed by atoms with E-state index in [0.29, 0.717) is 37.7 Å². The predicted octanol–water partition coefficient (Wildman–Crippen LogP) is 3.26. The summed E-state index contributed by atoms with van der Waals surface area (Å²) < 4.78 is 1.93. The second kappa shape index (κ2) is 7.18. The fourth-order valence-corrected chi connectivity index (χ4v) is 4.46. The number of benzene rings is 1. The average molecular weight is 367 g/mol. The van der Waals surface area contributed by atoms with Crippen molar-refractivity contribution in [3.8, 4) is 0 Å². The Kier molecular flexibility index (Phi) is 4.72. The van der Waals surface area contributed by atoms with Crippen molar-refractivity contribution in [3.05, 3.63) is 53.9 Å². The number of rotatable bonds is 4. The van der Waals surface area contributed by atoms with Crippen molar-refractivity contribution >= 4 is 11.9 Å². The largest absolute Gasteiger partial charge is 0.481 e. The van der Waals surface area contributed by atoms with Crippen molar-refractivity contribution in [1.29, 1.82) is 0 Å². The minimum atomic E-state index is -0.915. The molecule has 1 aromatic carbocycles. The molecule has 0 spiro atoms. The Hall–Kier alpha value is -2.63. The molecule has 6 heteroatoms. The Morgan fingerprint density at radius 2 is 1.70 bits per heavy atom. The van der Waals surface area contributed by atoms with Gasteiger partial charge < -0.3 is 10.0 Å². The number of carbonyl (C=O) groups excluding carboxylic acids is 1. The van der Waals surface area contributed by atoms with E-state index in [2.05, 4.69) is 5.10 Å². The van der Waals surface area contributed by atoms with Gasteiger partial charge in [0.1, 0.15) is 5.69 Å². The molecule has 0 bridgehead atoms. The van der Waals surface area contributed by atoms with Crippen molar-refractivity contribution in [2.45, 2.75) is 50.0 Å². The number of hydrogen-bond acceptors (Lipinski definition) is 3. The number of nitrogens with zero attached hydrogens (tertiary/aromatic N) is 3. The third-order valence-corrected chi connectivity index (χ3v) is 6.17. The molecule has 1 amide bonds. The number of carbonyl (C=O) groups is 2. The lowest BCUT2D eigenvalue weighted by atomic mass is 9.73. The van der Waals surface area contributed by atoms with Crippen LogP contribution >= 0.6 is 0 Å². The lowest BCUT2D eigenvalue weighted by Crippen LogP contribution is -2.49. The molecule has 2 aromatic rings. The van der Waals surface area contributed by atoms with Crippen molar-refractivity contribution in [1.82, 2.24) is 14.7 Å². The summed E-state index contributed by atoms with van der Waals surface area (Å²) in [6.07, 6.45) is 7.42. The summed E-state index contributed by atoms with van der Waals surface area (Å²) in [5.41, 5.74) is 0.362. The maximum atomic E-state index is 12.8. The van der Waals surface area contributed by atoms with E-state index in [1.54, 1.807) is 11.0 Å². The molecule has 2 fully saturated rings. The van der Waals surface area contributed by atoms with E-state index >= 15 is 0 Å². The molecule has 142 valence electrons. The molecule has 0 atom stereocenters. The average Bonchev–Trinajstić information content (AvgIpc) is 3.39. The summed E-state index contributed by atoms with van der Waals surface area (Å²) in [5, 5.41) is 14.4. The molecule has 4 rings (SSSR count). The molecule has 6 nitrogen and oxygen atoms in total. The van der Waals surface area contributed by atoms with Crippen LogP contribution < -0.4 is 0 Å². The minimum absolute atomic E-state index is 0.0983. The molecule has 1 saturated heterocycles. The molecule has 1 aromatic heterocycles. The topological polar surface area (TPSA) is 75.4 Å². The Balaban J connectivity index is 1.47. The number of carboxylic acids is 1. The molecule has 1 aliphatic carbocycles. The summed E-state index contributed by atoms with van der Waals surface area (Å²) in [6, 6.07) is 11.6. The first-order valence-electron chi connectivity index (χ1n) is 9.73. The zero-order chi connectivity index (χ0) is 18.9. The molecular formula is C21H25N3O3. The summed E-state index contributed by atoms with van der Waals surface area (Å²) >= 11 is 0. The lowest BCUT2D eigenvalue weighted by Gasteiger charge is -2.39. The molecule has 1 N–H and O–H groups in total. The van der Waals surface area contributed by atoms with E-state index < -0.39 is 11.4 Å². The first kappa shape index (κ1) is 17.8. The van der Waals surface area contributed by atoms with E-state index in [-0.39, 0.29) is 5.91 Å². The fourth-order valence-electron chi connectivity index (χ4n) is 4.46. The second-order valence-electron chi connectivity index (χ2n) is 7.66. The van der Waals surface area contributed by atoms with Crippen LogP contribution in [0.4, 0.5) is 0 Å². The van der Waals surface area contributed by atoms with E-state index in [4.69, 9.17) is 0 Å².